The predicted octanol–water partition coefficient (Wildman–Crippen LogP) is 2.80. The number of thioether (sulfide) groups is 1. The molecule has 4 rings (SSSR count). The lowest BCUT2D eigenvalue weighted by atomic mass is 10.2. The first-order chi connectivity index (χ1) is 13.5. The second-order valence-electron chi connectivity index (χ2n) is 6.55. The summed E-state index contributed by atoms with van der Waals surface area (Å²) in [6.45, 7) is 3.68. The van der Waals surface area contributed by atoms with Crippen molar-refractivity contribution in [2.45, 2.75) is 30.7 Å². The van der Waals surface area contributed by atoms with E-state index in [0.717, 1.165) is 28.2 Å². The topological polar surface area (TPSA) is 90.8 Å². The average Bonchev–Trinajstić information content (AvgIpc) is 3.06. The highest BCUT2D eigenvalue weighted by atomic mass is 32.2. The fraction of sp³-hybridized carbons (Fsp3) is 0.190. The largest absolute Gasteiger partial charge is 0.549 e. The van der Waals surface area contributed by atoms with Crippen LogP contribution >= 0.6 is 11.8 Å². The lowest BCUT2D eigenvalue weighted by Crippen LogP contribution is -2.34. The maximum Gasteiger partial charge on any atom is 0.283 e. The fourth-order valence-corrected chi connectivity index (χ4v) is 4.22. The Balaban J connectivity index is 2.07. The van der Waals surface area contributed by atoms with Crippen LogP contribution in [0.15, 0.2) is 58.5 Å². The Morgan fingerprint density at radius 1 is 1.21 bits per heavy atom. The van der Waals surface area contributed by atoms with E-state index in [4.69, 9.17) is 4.98 Å². The van der Waals surface area contributed by atoms with E-state index in [1.807, 2.05) is 55.5 Å². The van der Waals surface area contributed by atoms with Gasteiger partial charge in [-0.2, -0.15) is 0 Å². The van der Waals surface area contributed by atoms with E-state index in [9.17, 15) is 14.7 Å². The van der Waals surface area contributed by atoms with Crippen LogP contribution < -0.4 is 10.7 Å². The molecule has 4 aromatic rings. The molecule has 2 heterocycles. The number of carbonyl (C=O) groups is 1. The zero-order valence-corrected chi connectivity index (χ0v) is 16.2. The summed E-state index contributed by atoms with van der Waals surface area (Å²) >= 11 is 1.04. The number of nitrogens with zero attached hydrogens (tertiary/aromatic N) is 2. The van der Waals surface area contributed by atoms with Crippen molar-refractivity contribution in [2.24, 2.45) is 0 Å². The number of aryl methyl sites for hydroxylation is 1. The molecular weight excluding hydrogens is 374 g/mol. The average molecular weight is 392 g/mol. The van der Waals surface area contributed by atoms with Crippen LogP contribution in [0, 0.1) is 6.92 Å². The van der Waals surface area contributed by atoms with Gasteiger partial charge >= 0.3 is 0 Å². The molecule has 0 saturated carbocycles. The molecule has 0 fully saturated rings. The monoisotopic (exact) mass is 392 g/mol. The number of benzene rings is 2. The van der Waals surface area contributed by atoms with Gasteiger partial charge in [-0.05, 0) is 31.0 Å². The number of carbonyl (C=O) groups excluding carboxylic acids is 1. The molecule has 0 saturated heterocycles. The van der Waals surface area contributed by atoms with Gasteiger partial charge in [0, 0.05) is 10.9 Å². The number of H-pyrrole nitrogens is 1. The molecule has 2 aromatic carbocycles. The normalized spacial score (nSPS) is 12.5. The van der Waals surface area contributed by atoms with E-state index >= 15 is 0 Å². The first-order valence-electron chi connectivity index (χ1n) is 8.98. The molecule has 142 valence electrons. The minimum Gasteiger partial charge on any atom is -0.549 e. The summed E-state index contributed by atoms with van der Waals surface area (Å²) in [5, 5.41) is 11.9. The molecule has 0 aliphatic rings. The zero-order valence-electron chi connectivity index (χ0n) is 15.4. The summed E-state index contributed by atoms with van der Waals surface area (Å²) in [5.74, 6) is -1.17. The van der Waals surface area contributed by atoms with Crippen LogP contribution in [0.2, 0.25) is 0 Å². The van der Waals surface area contributed by atoms with Crippen molar-refractivity contribution in [1.82, 2.24) is 14.5 Å². The smallest absolute Gasteiger partial charge is 0.283 e. The van der Waals surface area contributed by atoms with Crippen molar-refractivity contribution in [3.8, 4) is 5.69 Å². The number of carboxylic acids is 1. The van der Waals surface area contributed by atoms with Gasteiger partial charge in [0.15, 0.2) is 5.16 Å². The Kier molecular flexibility index (Phi) is 4.68. The molecule has 6 nitrogen and oxygen atoms in total. The summed E-state index contributed by atoms with van der Waals surface area (Å²) in [6.07, 6.45) is 0.364. The maximum absolute atomic E-state index is 13.4. The molecule has 0 spiro atoms. The Hall–Kier alpha value is -3.06. The molecule has 2 aromatic heterocycles. The first kappa shape index (κ1) is 18.3. The third-order valence-corrected chi connectivity index (χ3v) is 6.03. The molecular formula is C21H18N3O3S-. The molecule has 0 aliphatic carbocycles. The van der Waals surface area contributed by atoms with Crippen molar-refractivity contribution in [1.29, 1.82) is 0 Å². The van der Waals surface area contributed by atoms with Crippen molar-refractivity contribution in [2.75, 3.05) is 0 Å². The van der Waals surface area contributed by atoms with Gasteiger partial charge in [-0.1, -0.05) is 55.1 Å². The number of nitrogens with one attached hydrogen (secondary N) is 1. The Labute approximate surface area is 165 Å². The summed E-state index contributed by atoms with van der Waals surface area (Å²) in [7, 11) is 0. The molecule has 1 N–H and O–H groups in total. The predicted molar refractivity (Wildman–Crippen MR) is 109 cm³/mol. The Bertz CT molecular complexity index is 1260. The van der Waals surface area contributed by atoms with Gasteiger partial charge in [-0.3, -0.25) is 9.36 Å². The number of hydrogen-bond donors (Lipinski definition) is 1. The van der Waals surface area contributed by atoms with E-state index in [-0.39, 0.29) is 5.56 Å². The minimum absolute atomic E-state index is 0.258. The molecule has 1 atom stereocenters. The van der Waals surface area contributed by atoms with E-state index in [1.54, 1.807) is 6.92 Å². The number of rotatable bonds is 5. The van der Waals surface area contributed by atoms with E-state index < -0.39 is 11.2 Å². The highest BCUT2D eigenvalue weighted by Gasteiger charge is 2.21. The summed E-state index contributed by atoms with van der Waals surface area (Å²) in [4.78, 5) is 32.8. The zero-order chi connectivity index (χ0) is 19.8. The van der Waals surface area contributed by atoms with Crippen LogP contribution in [-0.4, -0.2) is 25.8 Å². The van der Waals surface area contributed by atoms with Crippen LogP contribution in [0.5, 0.6) is 0 Å². The Morgan fingerprint density at radius 2 is 1.93 bits per heavy atom. The number of fused-ring (bicyclic) bond motifs is 3. The number of carboxylic acid groups (broad SMARTS) is 1. The van der Waals surface area contributed by atoms with Gasteiger partial charge in [-0.15, -0.1) is 0 Å². The van der Waals surface area contributed by atoms with Gasteiger partial charge in [-0.25, -0.2) is 4.98 Å². The fourth-order valence-electron chi connectivity index (χ4n) is 3.27. The lowest BCUT2D eigenvalue weighted by Gasteiger charge is -2.19. The van der Waals surface area contributed by atoms with Gasteiger partial charge in [0.2, 0.25) is 0 Å². The molecule has 0 radical (unpaired) electrons. The SMILES string of the molecule is CC[C@H](Sc1nc2c([nH]c3ccccc32)c(=O)n1-c1ccccc1C)C(=O)[O-]. The van der Waals surface area contributed by atoms with Gasteiger partial charge in [0.05, 0.1) is 16.9 Å². The quantitative estimate of drug-likeness (QED) is 0.417. The molecule has 7 heteroatoms. The summed E-state index contributed by atoms with van der Waals surface area (Å²) in [6, 6.07) is 15.0. The molecule has 0 unspecified atom stereocenters. The molecule has 0 amide bonds. The lowest BCUT2D eigenvalue weighted by molar-refractivity contribution is -0.304. The van der Waals surface area contributed by atoms with E-state index in [1.165, 1.54) is 4.57 Å². The van der Waals surface area contributed by atoms with Crippen LogP contribution in [-0.2, 0) is 4.79 Å². The number of hydrogen-bond acceptors (Lipinski definition) is 5. The third-order valence-electron chi connectivity index (χ3n) is 4.73. The van der Waals surface area contributed by atoms with Crippen molar-refractivity contribution in [3.05, 3.63) is 64.4 Å². The first-order valence-corrected chi connectivity index (χ1v) is 9.86. The highest BCUT2D eigenvalue weighted by molar-refractivity contribution is 8.00. The van der Waals surface area contributed by atoms with Crippen molar-refractivity contribution >= 4 is 39.7 Å². The van der Waals surface area contributed by atoms with E-state index in [0.29, 0.717) is 28.3 Å². The molecule has 0 bridgehead atoms. The van der Waals surface area contributed by atoms with Crippen LogP contribution in [0.25, 0.3) is 27.6 Å². The summed E-state index contributed by atoms with van der Waals surface area (Å²) in [5.41, 5.74) is 3.07. The van der Waals surface area contributed by atoms with Crippen LogP contribution in [0.3, 0.4) is 0 Å². The van der Waals surface area contributed by atoms with Crippen LogP contribution in [0.4, 0.5) is 0 Å². The third kappa shape index (κ3) is 2.97. The number of para-hydroxylation sites is 2. The van der Waals surface area contributed by atoms with Gasteiger partial charge in [0.25, 0.3) is 5.56 Å². The van der Waals surface area contributed by atoms with Crippen molar-refractivity contribution < 1.29 is 9.90 Å². The van der Waals surface area contributed by atoms with Crippen LogP contribution in [0.1, 0.15) is 18.9 Å². The Morgan fingerprint density at radius 3 is 2.64 bits per heavy atom. The molecule has 28 heavy (non-hydrogen) atoms. The maximum atomic E-state index is 13.4. The minimum atomic E-state index is -1.17. The second-order valence-corrected chi connectivity index (χ2v) is 7.72. The second kappa shape index (κ2) is 7.16. The standard InChI is InChI=1S/C21H19N3O3S/c1-3-16(20(26)27)28-21-23-17-13-9-5-6-10-14(13)22-18(17)19(25)24(21)15-11-7-4-8-12(15)2/h4-11,16,22H,3H2,1-2H3,(H,26,27)/p-1/t16-/m0/s1. The number of aliphatic carboxylic acids is 1. The number of aromatic amines is 1. The van der Waals surface area contributed by atoms with E-state index in [2.05, 4.69) is 4.98 Å². The molecule has 0 aliphatic heterocycles. The van der Waals surface area contributed by atoms with Gasteiger partial charge in [0.1, 0.15) is 11.0 Å². The van der Waals surface area contributed by atoms with Crippen molar-refractivity contribution in [3.63, 3.8) is 0 Å². The van der Waals surface area contributed by atoms with Gasteiger partial charge < -0.3 is 14.9 Å². The summed E-state index contributed by atoms with van der Waals surface area (Å²) < 4.78 is 1.49. The highest BCUT2D eigenvalue weighted by Crippen LogP contribution is 2.29. The number of aromatic nitrogens is 3.